The Labute approximate surface area is 278 Å². The van der Waals surface area contributed by atoms with Crippen LogP contribution in [0.25, 0.3) is 0 Å². The summed E-state index contributed by atoms with van der Waals surface area (Å²) in [7, 11) is -2.90. The van der Waals surface area contributed by atoms with Crippen LogP contribution in [0, 0.1) is 11.8 Å². The van der Waals surface area contributed by atoms with Crippen molar-refractivity contribution in [1.29, 1.82) is 0 Å². The number of amides is 1. The van der Waals surface area contributed by atoms with E-state index in [0.717, 1.165) is 6.42 Å². The minimum Gasteiger partial charge on any atom is -0.494 e. The molecule has 0 N–H and O–H groups in total. The van der Waals surface area contributed by atoms with Gasteiger partial charge >= 0.3 is 6.09 Å². The second-order valence-corrected chi connectivity index (χ2v) is 18.9. The van der Waals surface area contributed by atoms with Gasteiger partial charge in [0.2, 0.25) is 0 Å². The molecule has 3 rings (SSSR count). The quantitative estimate of drug-likeness (QED) is 0.113. The monoisotopic (exact) mass is 645 g/mol. The fourth-order valence-electron chi connectivity index (χ4n) is 6.25. The average molecular weight is 646 g/mol. The topological polar surface area (TPSA) is 72.7 Å². The highest BCUT2D eigenvalue weighted by Gasteiger charge is 2.52. The molecular formula is C38H55N3O4Si. The molecule has 250 valence electrons. The summed E-state index contributed by atoms with van der Waals surface area (Å²) in [5.74, 6) is 1.33. The normalized spacial score (nSPS) is 18.5. The molecule has 2 aromatic rings. The average Bonchev–Trinajstić information content (AvgIpc) is 2.96. The molecule has 7 nitrogen and oxygen atoms in total. The number of ether oxygens (including phenoxy) is 2. The van der Waals surface area contributed by atoms with Gasteiger partial charge < -0.3 is 13.9 Å². The van der Waals surface area contributed by atoms with Gasteiger partial charge in [0.25, 0.3) is 8.32 Å². The summed E-state index contributed by atoms with van der Waals surface area (Å²) < 4.78 is 19.3. The van der Waals surface area contributed by atoms with E-state index in [9.17, 15) is 4.79 Å². The summed E-state index contributed by atoms with van der Waals surface area (Å²) in [6.45, 7) is 26.7. The lowest BCUT2D eigenvalue weighted by Gasteiger charge is -2.47. The molecular weight excluding hydrogens is 591 g/mol. The van der Waals surface area contributed by atoms with Crippen LogP contribution in [0.5, 0.6) is 0 Å². The number of rotatable bonds is 10. The number of aliphatic imine (C=N–C) groups is 2. The number of allylic oxidation sites excluding steroid dienone is 2. The highest BCUT2D eigenvalue weighted by molar-refractivity contribution is 6.99. The molecule has 1 amide bonds. The molecule has 8 heteroatoms. The van der Waals surface area contributed by atoms with Crippen LogP contribution in [0.2, 0.25) is 5.04 Å². The van der Waals surface area contributed by atoms with Crippen LogP contribution in [-0.4, -0.2) is 56.2 Å². The minimum absolute atomic E-state index is 0.00792. The van der Waals surface area contributed by atoms with E-state index in [1.165, 1.54) is 10.4 Å². The smallest absolute Gasteiger partial charge is 0.415 e. The van der Waals surface area contributed by atoms with Crippen molar-refractivity contribution >= 4 is 37.3 Å². The maximum Gasteiger partial charge on any atom is 0.415 e. The lowest BCUT2D eigenvalue weighted by Crippen LogP contribution is -2.68. The molecule has 0 spiro atoms. The van der Waals surface area contributed by atoms with Crippen LogP contribution in [0.3, 0.4) is 0 Å². The summed E-state index contributed by atoms with van der Waals surface area (Å²) in [6.07, 6.45) is 3.93. The van der Waals surface area contributed by atoms with Gasteiger partial charge in [0, 0.05) is 0 Å². The number of nitrogens with zero attached hydrogens (tertiary/aromatic N) is 3. The molecule has 1 aliphatic rings. The van der Waals surface area contributed by atoms with E-state index in [-0.39, 0.29) is 29.0 Å². The second kappa shape index (κ2) is 15.4. The molecule has 0 aromatic heterocycles. The van der Waals surface area contributed by atoms with E-state index < -0.39 is 20.0 Å². The standard InChI is InChI=1S/C38H55N3O4Si/c1-27(2)32-23-24-33(35(39-12)40-25-29(5)44-28(3)4)41(36(42)45-37(6,7)8)34(32)26-43-46(38(9,10)11,30-19-15-13-16-20-30)31-21-17-14-18-22-31/h13-22,24-25,27-28,32,34H,12,23,26H2,1-11H3/b29-25+,40-35-. The van der Waals surface area contributed by atoms with E-state index >= 15 is 0 Å². The molecule has 46 heavy (non-hydrogen) atoms. The molecule has 0 fully saturated rings. The van der Waals surface area contributed by atoms with Crippen molar-refractivity contribution in [2.24, 2.45) is 21.8 Å². The zero-order valence-electron chi connectivity index (χ0n) is 29.8. The van der Waals surface area contributed by atoms with E-state index in [0.29, 0.717) is 23.9 Å². The third-order valence-corrected chi connectivity index (χ3v) is 13.2. The Hall–Kier alpha value is -3.49. The lowest BCUT2D eigenvalue weighted by molar-refractivity contribution is 0.00666. The van der Waals surface area contributed by atoms with Gasteiger partial charge in [-0.25, -0.2) is 14.8 Å². The first-order valence-electron chi connectivity index (χ1n) is 16.4. The molecule has 0 bridgehead atoms. The first kappa shape index (κ1) is 37.0. The van der Waals surface area contributed by atoms with Crippen LogP contribution < -0.4 is 10.4 Å². The van der Waals surface area contributed by atoms with E-state index in [1.54, 1.807) is 11.1 Å². The van der Waals surface area contributed by atoms with Gasteiger partial charge in [0.15, 0.2) is 5.84 Å². The van der Waals surface area contributed by atoms with E-state index in [4.69, 9.17) is 13.9 Å². The van der Waals surface area contributed by atoms with Gasteiger partial charge in [-0.15, -0.1) is 0 Å². The van der Waals surface area contributed by atoms with Gasteiger partial charge in [-0.3, -0.25) is 4.90 Å². The Bertz CT molecular complexity index is 1360. The zero-order chi connectivity index (χ0) is 34.3. The Morgan fingerprint density at radius 1 is 0.978 bits per heavy atom. The van der Waals surface area contributed by atoms with E-state index in [1.807, 2.05) is 59.8 Å². The van der Waals surface area contributed by atoms with Crippen molar-refractivity contribution in [3.8, 4) is 0 Å². The molecule has 0 aliphatic carbocycles. The number of hydrogen-bond acceptors (Lipinski definition) is 5. The Balaban J connectivity index is 2.21. The minimum atomic E-state index is -2.90. The third kappa shape index (κ3) is 8.85. The number of amidine groups is 1. The maximum absolute atomic E-state index is 14.2. The highest BCUT2D eigenvalue weighted by Crippen LogP contribution is 2.39. The summed E-state index contributed by atoms with van der Waals surface area (Å²) in [5, 5.41) is 2.15. The summed E-state index contributed by atoms with van der Waals surface area (Å²) in [5.41, 5.74) is -0.151. The van der Waals surface area contributed by atoms with Crippen molar-refractivity contribution in [2.75, 3.05) is 6.61 Å². The molecule has 2 unspecified atom stereocenters. The molecule has 2 aromatic carbocycles. The van der Waals surface area contributed by atoms with Gasteiger partial charge in [-0.2, -0.15) is 0 Å². The zero-order valence-corrected chi connectivity index (χ0v) is 30.8. The van der Waals surface area contributed by atoms with Crippen molar-refractivity contribution in [1.82, 2.24) is 4.90 Å². The van der Waals surface area contributed by atoms with Crippen molar-refractivity contribution < 1.29 is 18.7 Å². The highest BCUT2D eigenvalue weighted by atomic mass is 28.4. The molecule has 0 saturated carbocycles. The third-order valence-electron chi connectivity index (χ3n) is 8.17. The van der Waals surface area contributed by atoms with Crippen LogP contribution in [0.4, 0.5) is 4.79 Å². The summed E-state index contributed by atoms with van der Waals surface area (Å²) in [6, 6.07) is 20.8. The largest absolute Gasteiger partial charge is 0.494 e. The van der Waals surface area contributed by atoms with Crippen LogP contribution >= 0.6 is 0 Å². The number of carbonyl (C=O) groups is 1. The molecule has 0 radical (unpaired) electrons. The van der Waals surface area contributed by atoms with Crippen LogP contribution in [0.15, 0.2) is 94.4 Å². The van der Waals surface area contributed by atoms with Gasteiger partial charge in [-0.05, 0) is 81.9 Å². The summed E-state index contributed by atoms with van der Waals surface area (Å²) >= 11 is 0. The Morgan fingerprint density at radius 3 is 1.96 bits per heavy atom. The second-order valence-electron chi connectivity index (χ2n) is 14.6. The first-order valence-corrected chi connectivity index (χ1v) is 18.3. The fourth-order valence-corrected chi connectivity index (χ4v) is 10.8. The molecule has 0 saturated heterocycles. The predicted molar refractivity (Wildman–Crippen MR) is 193 cm³/mol. The van der Waals surface area contributed by atoms with E-state index in [2.05, 4.69) is 99.9 Å². The maximum atomic E-state index is 14.2. The number of hydrogen-bond donors (Lipinski definition) is 0. The Morgan fingerprint density at radius 2 is 1.52 bits per heavy atom. The van der Waals surface area contributed by atoms with Crippen molar-refractivity contribution in [2.45, 2.75) is 105 Å². The fraction of sp³-hybridized carbons (Fsp3) is 0.500. The predicted octanol–water partition coefficient (Wildman–Crippen LogP) is 8.11. The van der Waals surface area contributed by atoms with Crippen molar-refractivity contribution in [3.63, 3.8) is 0 Å². The first-order chi connectivity index (χ1) is 21.5. The van der Waals surface area contributed by atoms with Gasteiger partial charge in [0.05, 0.1) is 30.6 Å². The summed E-state index contributed by atoms with van der Waals surface area (Å²) in [4.78, 5) is 24.9. The molecule has 2 atom stereocenters. The number of carbonyl (C=O) groups excluding carboxylic acids is 1. The SMILES string of the molecule is C=N/C(=N\C=C(/C)OC(C)C)C1=CCC(C(C)C)C(CO[Si](c2ccccc2)(c2ccccc2)C(C)(C)C)N1C(=O)OC(C)(C)C. The van der Waals surface area contributed by atoms with Gasteiger partial charge in [0.1, 0.15) is 11.4 Å². The molecule has 1 aliphatic heterocycles. The number of benzene rings is 2. The van der Waals surface area contributed by atoms with Gasteiger partial charge in [-0.1, -0.05) is 101 Å². The van der Waals surface area contributed by atoms with Crippen LogP contribution in [-0.2, 0) is 13.9 Å². The van der Waals surface area contributed by atoms with Crippen molar-refractivity contribution in [3.05, 3.63) is 84.4 Å². The lowest BCUT2D eigenvalue weighted by atomic mass is 9.82. The van der Waals surface area contributed by atoms with Crippen LogP contribution in [0.1, 0.15) is 82.6 Å². The Kier molecular flexibility index (Phi) is 12.4. The molecule has 1 heterocycles.